The van der Waals surface area contributed by atoms with Gasteiger partial charge in [-0.15, -0.1) is 0 Å². The highest BCUT2D eigenvalue weighted by Gasteiger charge is 2.47. The van der Waals surface area contributed by atoms with Crippen LogP contribution in [-0.4, -0.2) is 11.5 Å². The van der Waals surface area contributed by atoms with Crippen molar-refractivity contribution in [3.05, 3.63) is 282 Å². The zero-order valence-electron chi connectivity index (χ0n) is 34.6. The molecule has 63 heavy (non-hydrogen) atoms. The molecule has 2 heteroatoms. The third-order valence-corrected chi connectivity index (χ3v) is 12.7. The van der Waals surface area contributed by atoms with Crippen molar-refractivity contribution in [2.24, 2.45) is 4.99 Å². The monoisotopic (exact) mass is 802 g/mol. The van der Waals surface area contributed by atoms with Crippen molar-refractivity contribution in [3.8, 4) is 33.4 Å². The zero-order chi connectivity index (χ0) is 42.2. The van der Waals surface area contributed by atoms with E-state index in [-0.39, 0.29) is 5.84 Å². The van der Waals surface area contributed by atoms with E-state index in [4.69, 9.17) is 10.4 Å². The standard InChI is InChI=1S/C61H42N2/c62-60(47-20-7-2-8-21-47)63-58(46-18-5-1-6-19-46)40-36-45-33-37-52(54-28-16-15-26-51(45)54)44-31-29-42(30-32-44)48-35-39-57-56(41-48)55-38-34-43-17-13-14-27-53(43)59(55)61(57,49-22-9-3-10-23-49)50-24-11-4-12-25-50/h1-41,62H/b40-36+,62-60?,63-58?. The first kappa shape index (κ1) is 37.8. The van der Waals surface area contributed by atoms with Gasteiger partial charge in [0.2, 0.25) is 0 Å². The van der Waals surface area contributed by atoms with Crippen LogP contribution in [0.3, 0.4) is 0 Å². The fourth-order valence-corrected chi connectivity index (χ4v) is 9.77. The molecular formula is C61H42N2. The van der Waals surface area contributed by atoms with Crippen molar-refractivity contribution in [3.63, 3.8) is 0 Å². The van der Waals surface area contributed by atoms with Crippen LogP contribution in [0.5, 0.6) is 0 Å². The molecule has 0 saturated carbocycles. The van der Waals surface area contributed by atoms with E-state index >= 15 is 0 Å². The van der Waals surface area contributed by atoms with Gasteiger partial charge in [0, 0.05) is 11.1 Å². The Labute approximate surface area is 368 Å². The molecule has 0 aromatic heterocycles. The van der Waals surface area contributed by atoms with Gasteiger partial charge >= 0.3 is 0 Å². The molecule has 0 aliphatic heterocycles. The molecule has 1 aliphatic carbocycles. The van der Waals surface area contributed by atoms with E-state index in [1.807, 2.05) is 66.7 Å². The van der Waals surface area contributed by atoms with Gasteiger partial charge in [-0.1, -0.05) is 237 Å². The van der Waals surface area contributed by atoms with Crippen LogP contribution in [-0.2, 0) is 5.41 Å². The molecule has 1 aliphatic rings. The number of allylic oxidation sites excluding steroid dienone is 1. The fourth-order valence-electron chi connectivity index (χ4n) is 9.77. The molecule has 10 aromatic carbocycles. The fraction of sp³-hybridized carbons (Fsp3) is 0.0164. The van der Waals surface area contributed by atoms with Crippen LogP contribution >= 0.6 is 0 Å². The van der Waals surface area contributed by atoms with Gasteiger partial charge in [-0.3, -0.25) is 5.41 Å². The average Bonchev–Trinajstić information content (AvgIpc) is 3.67. The van der Waals surface area contributed by atoms with Crippen LogP contribution < -0.4 is 0 Å². The number of benzene rings is 10. The van der Waals surface area contributed by atoms with E-state index in [0.29, 0.717) is 0 Å². The van der Waals surface area contributed by atoms with Crippen LogP contribution in [0.25, 0.3) is 61.0 Å². The third-order valence-electron chi connectivity index (χ3n) is 12.7. The van der Waals surface area contributed by atoms with E-state index in [9.17, 15) is 0 Å². The van der Waals surface area contributed by atoms with Crippen molar-refractivity contribution in [2.45, 2.75) is 5.41 Å². The second kappa shape index (κ2) is 16.0. The van der Waals surface area contributed by atoms with Gasteiger partial charge in [-0.2, -0.15) is 0 Å². The first-order valence-corrected chi connectivity index (χ1v) is 21.5. The van der Waals surface area contributed by atoms with Crippen molar-refractivity contribution < 1.29 is 0 Å². The Morgan fingerprint density at radius 1 is 0.413 bits per heavy atom. The van der Waals surface area contributed by atoms with Crippen molar-refractivity contribution in [1.82, 2.24) is 0 Å². The maximum absolute atomic E-state index is 8.76. The van der Waals surface area contributed by atoms with E-state index < -0.39 is 5.41 Å². The quantitative estimate of drug-likeness (QED) is 0.117. The summed E-state index contributed by atoms with van der Waals surface area (Å²) in [6, 6.07) is 84.5. The number of nitrogens with one attached hydrogen (secondary N) is 1. The van der Waals surface area contributed by atoms with Gasteiger partial charge in [0.25, 0.3) is 0 Å². The number of aliphatic imine (C=N–C) groups is 1. The molecule has 0 spiro atoms. The van der Waals surface area contributed by atoms with E-state index in [0.717, 1.165) is 27.8 Å². The lowest BCUT2D eigenvalue weighted by molar-refractivity contribution is 0.775. The highest BCUT2D eigenvalue weighted by molar-refractivity contribution is 6.18. The van der Waals surface area contributed by atoms with Gasteiger partial charge < -0.3 is 0 Å². The lowest BCUT2D eigenvalue weighted by atomic mass is 9.66. The number of fused-ring (bicyclic) bond motifs is 6. The highest BCUT2D eigenvalue weighted by Crippen LogP contribution is 2.58. The molecule has 296 valence electrons. The summed E-state index contributed by atoms with van der Waals surface area (Å²) in [5, 5.41) is 13.6. The lowest BCUT2D eigenvalue weighted by Crippen LogP contribution is -2.28. The minimum Gasteiger partial charge on any atom is -0.282 e. The number of amidine groups is 1. The van der Waals surface area contributed by atoms with Crippen molar-refractivity contribution in [2.75, 3.05) is 0 Å². The van der Waals surface area contributed by atoms with Crippen molar-refractivity contribution in [1.29, 1.82) is 5.41 Å². The molecular weight excluding hydrogens is 761 g/mol. The van der Waals surface area contributed by atoms with E-state index in [1.54, 1.807) is 0 Å². The minimum absolute atomic E-state index is 0.230. The Balaban J connectivity index is 0.972. The van der Waals surface area contributed by atoms with Gasteiger partial charge in [0.05, 0.1) is 11.1 Å². The molecule has 10 aromatic rings. The summed E-state index contributed by atoms with van der Waals surface area (Å²) in [6.45, 7) is 0. The molecule has 0 amide bonds. The number of hydrogen-bond acceptors (Lipinski definition) is 1. The summed E-state index contributed by atoms with van der Waals surface area (Å²) >= 11 is 0. The molecule has 0 unspecified atom stereocenters. The topological polar surface area (TPSA) is 36.2 Å². The summed E-state index contributed by atoms with van der Waals surface area (Å²) in [7, 11) is 0. The van der Waals surface area contributed by atoms with Gasteiger partial charge in [-0.25, -0.2) is 4.99 Å². The number of hydrogen-bond donors (Lipinski definition) is 1. The first-order chi connectivity index (χ1) is 31.2. The van der Waals surface area contributed by atoms with Crippen LogP contribution in [0.15, 0.2) is 248 Å². The normalized spacial score (nSPS) is 13.0. The van der Waals surface area contributed by atoms with Crippen LogP contribution in [0, 0.1) is 5.41 Å². The van der Waals surface area contributed by atoms with Crippen LogP contribution in [0.2, 0.25) is 0 Å². The highest BCUT2D eigenvalue weighted by atomic mass is 14.8. The smallest absolute Gasteiger partial charge is 0.152 e. The Hall–Kier alpha value is -8.20. The van der Waals surface area contributed by atoms with Gasteiger partial charge in [-0.05, 0) is 94.9 Å². The van der Waals surface area contributed by atoms with Gasteiger partial charge in [0.15, 0.2) is 5.84 Å². The molecule has 0 saturated heterocycles. The summed E-state index contributed by atoms with van der Waals surface area (Å²) in [5.74, 6) is 0.230. The number of nitrogens with zero attached hydrogens (tertiary/aromatic N) is 1. The average molecular weight is 803 g/mol. The molecule has 0 fully saturated rings. The molecule has 0 bridgehead atoms. The van der Waals surface area contributed by atoms with Crippen molar-refractivity contribution >= 4 is 39.2 Å². The Morgan fingerprint density at radius 3 is 1.63 bits per heavy atom. The second-order valence-electron chi connectivity index (χ2n) is 16.2. The number of rotatable bonds is 8. The SMILES string of the molecule is N=C(N=C(/C=C/c1ccc(-c2ccc(-c3ccc4c(c3)-c3ccc5ccccc5c3C4(c3ccccc3)c3ccccc3)cc2)c2ccccc12)c1ccccc1)c1ccccc1. The predicted octanol–water partition coefficient (Wildman–Crippen LogP) is 15.2. The molecule has 0 atom stereocenters. The van der Waals surface area contributed by atoms with Crippen LogP contribution in [0.4, 0.5) is 0 Å². The maximum atomic E-state index is 8.76. The Morgan fingerprint density at radius 2 is 0.952 bits per heavy atom. The Kier molecular flexibility index (Phi) is 9.60. The molecule has 0 radical (unpaired) electrons. The third kappa shape index (κ3) is 6.61. The minimum atomic E-state index is -0.472. The largest absolute Gasteiger partial charge is 0.282 e. The van der Waals surface area contributed by atoms with Crippen LogP contribution in [0.1, 0.15) is 38.9 Å². The first-order valence-electron chi connectivity index (χ1n) is 21.5. The lowest BCUT2D eigenvalue weighted by Gasteiger charge is -2.34. The maximum Gasteiger partial charge on any atom is 0.152 e. The molecule has 0 heterocycles. The summed E-state index contributed by atoms with van der Waals surface area (Å²) in [5.41, 5.74) is 15.6. The summed E-state index contributed by atoms with van der Waals surface area (Å²) in [4.78, 5) is 4.80. The van der Waals surface area contributed by atoms with Gasteiger partial charge in [0.1, 0.15) is 0 Å². The van der Waals surface area contributed by atoms with E-state index in [2.05, 4.69) is 182 Å². The van der Waals surface area contributed by atoms with E-state index in [1.165, 1.54) is 71.8 Å². The molecule has 11 rings (SSSR count). The second-order valence-corrected chi connectivity index (χ2v) is 16.2. The summed E-state index contributed by atoms with van der Waals surface area (Å²) < 4.78 is 0. The Bertz CT molecular complexity index is 3330. The predicted molar refractivity (Wildman–Crippen MR) is 265 cm³/mol. The zero-order valence-corrected chi connectivity index (χ0v) is 34.6. The summed E-state index contributed by atoms with van der Waals surface area (Å²) in [6.07, 6.45) is 4.16. The molecule has 1 N–H and O–H groups in total. The molecule has 2 nitrogen and oxygen atoms in total.